The molecule has 3 heteroatoms. The zero-order valence-corrected chi connectivity index (χ0v) is 11.2. The predicted octanol–water partition coefficient (Wildman–Crippen LogP) is 4.39. The Hall–Kier alpha value is -2.13. The number of hydrogen-bond donors (Lipinski definition) is 0. The third kappa shape index (κ3) is 2.02. The molecular weight excluding hydrogens is 256 g/mol. The predicted molar refractivity (Wildman–Crippen MR) is 79.2 cm³/mol. The highest BCUT2D eigenvalue weighted by atomic mass is 32.1. The van der Waals surface area contributed by atoms with E-state index in [0.717, 1.165) is 38.8 Å². The van der Waals surface area contributed by atoms with E-state index in [1.54, 1.807) is 7.11 Å². The molecule has 19 heavy (non-hydrogen) atoms. The molecule has 2 aromatic carbocycles. The van der Waals surface area contributed by atoms with Crippen molar-refractivity contribution in [2.75, 3.05) is 7.11 Å². The fraction of sp³-hybridized carbons (Fsp3) is 0.0625. The zero-order valence-electron chi connectivity index (χ0n) is 10.4. The van der Waals surface area contributed by atoms with Crippen molar-refractivity contribution in [3.05, 3.63) is 52.7 Å². The number of rotatable bonds is 3. The molecule has 1 aromatic heterocycles. The van der Waals surface area contributed by atoms with Gasteiger partial charge in [-0.15, -0.1) is 11.3 Å². The molecule has 0 radical (unpaired) electrons. The summed E-state index contributed by atoms with van der Waals surface area (Å²) in [6.45, 7) is 0. The van der Waals surface area contributed by atoms with E-state index in [4.69, 9.17) is 4.74 Å². The first kappa shape index (κ1) is 11.9. The molecule has 0 atom stereocenters. The van der Waals surface area contributed by atoms with E-state index < -0.39 is 0 Å². The molecule has 0 aliphatic heterocycles. The van der Waals surface area contributed by atoms with Gasteiger partial charge in [0, 0.05) is 5.56 Å². The fourth-order valence-corrected chi connectivity index (χ4v) is 2.97. The molecule has 0 fully saturated rings. The molecule has 0 amide bonds. The summed E-state index contributed by atoms with van der Waals surface area (Å²) in [4.78, 5) is 11.9. The van der Waals surface area contributed by atoms with E-state index in [9.17, 15) is 4.79 Å². The van der Waals surface area contributed by atoms with Crippen LogP contribution >= 0.6 is 11.3 Å². The van der Waals surface area contributed by atoms with Crippen molar-refractivity contribution in [2.45, 2.75) is 0 Å². The van der Waals surface area contributed by atoms with Gasteiger partial charge in [-0.25, -0.2) is 0 Å². The number of benzene rings is 2. The molecule has 0 bridgehead atoms. The van der Waals surface area contributed by atoms with Gasteiger partial charge in [0.05, 0.1) is 12.0 Å². The molecule has 3 aromatic rings. The van der Waals surface area contributed by atoms with Crippen molar-refractivity contribution in [3.63, 3.8) is 0 Å². The number of fused-ring (bicyclic) bond motifs is 1. The normalized spacial score (nSPS) is 10.6. The van der Waals surface area contributed by atoms with Crippen molar-refractivity contribution in [3.8, 4) is 16.9 Å². The number of ether oxygens (including phenoxy) is 1. The number of hydrogen-bond acceptors (Lipinski definition) is 3. The quantitative estimate of drug-likeness (QED) is 0.658. The Balaban J connectivity index is 2.27. The number of methoxy groups -OCH3 is 1. The standard InChI is InChI=1S/C16H12O2S/c1-18-12-5-6-13-11(9-12)3-2-4-14(13)15-7-8-19-16(15)10-17/h2-10H,1H3. The summed E-state index contributed by atoms with van der Waals surface area (Å²) in [5, 5.41) is 4.19. The highest BCUT2D eigenvalue weighted by Gasteiger charge is 2.09. The second-order valence-corrected chi connectivity index (χ2v) is 5.16. The van der Waals surface area contributed by atoms with Gasteiger partial charge in [-0.3, -0.25) is 4.79 Å². The first-order valence-electron chi connectivity index (χ1n) is 5.93. The van der Waals surface area contributed by atoms with Crippen molar-refractivity contribution in [1.29, 1.82) is 0 Å². The first-order valence-corrected chi connectivity index (χ1v) is 6.81. The van der Waals surface area contributed by atoms with Gasteiger partial charge >= 0.3 is 0 Å². The number of carbonyl (C=O) groups is 1. The monoisotopic (exact) mass is 268 g/mol. The van der Waals surface area contributed by atoms with Gasteiger partial charge in [0.15, 0.2) is 6.29 Å². The lowest BCUT2D eigenvalue weighted by Crippen LogP contribution is -1.86. The summed E-state index contributed by atoms with van der Waals surface area (Å²) < 4.78 is 5.24. The van der Waals surface area contributed by atoms with Crippen molar-refractivity contribution in [2.24, 2.45) is 0 Å². The first-order chi connectivity index (χ1) is 9.33. The van der Waals surface area contributed by atoms with Crippen LogP contribution < -0.4 is 4.74 Å². The van der Waals surface area contributed by atoms with E-state index >= 15 is 0 Å². The van der Waals surface area contributed by atoms with Crippen LogP contribution in [0.25, 0.3) is 21.9 Å². The highest BCUT2D eigenvalue weighted by molar-refractivity contribution is 7.12. The molecule has 0 saturated heterocycles. The largest absolute Gasteiger partial charge is 0.497 e. The third-order valence-electron chi connectivity index (χ3n) is 3.18. The maximum absolute atomic E-state index is 11.1. The summed E-state index contributed by atoms with van der Waals surface area (Å²) in [7, 11) is 1.66. The lowest BCUT2D eigenvalue weighted by molar-refractivity contribution is 0.112. The molecule has 0 aliphatic carbocycles. The smallest absolute Gasteiger partial charge is 0.160 e. The van der Waals surface area contributed by atoms with Crippen LogP contribution in [0.2, 0.25) is 0 Å². The zero-order chi connectivity index (χ0) is 13.2. The van der Waals surface area contributed by atoms with Crippen LogP contribution in [-0.2, 0) is 0 Å². The summed E-state index contributed by atoms with van der Waals surface area (Å²) in [6, 6.07) is 14.1. The van der Waals surface area contributed by atoms with Gasteiger partial charge in [-0.05, 0) is 39.9 Å². The van der Waals surface area contributed by atoms with E-state index in [1.165, 1.54) is 11.3 Å². The average molecular weight is 268 g/mol. The molecule has 0 saturated carbocycles. The van der Waals surface area contributed by atoms with Gasteiger partial charge in [0.2, 0.25) is 0 Å². The van der Waals surface area contributed by atoms with Crippen LogP contribution in [0.15, 0.2) is 47.8 Å². The van der Waals surface area contributed by atoms with Crippen LogP contribution in [0.1, 0.15) is 9.67 Å². The number of aldehydes is 1. The van der Waals surface area contributed by atoms with Crippen LogP contribution in [0.3, 0.4) is 0 Å². The minimum atomic E-state index is 0.767. The lowest BCUT2D eigenvalue weighted by Gasteiger charge is -2.07. The molecule has 0 unspecified atom stereocenters. The van der Waals surface area contributed by atoms with Gasteiger partial charge < -0.3 is 4.74 Å². The van der Waals surface area contributed by atoms with Gasteiger partial charge in [-0.2, -0.15) is 0 Å². The molecule has 0 aliphatic rings. The average Bonchev–Trinajstić information content (AvgIpc) is 2.94. The SMILES string of the molecule is COc1ccc2c(-c3ccsc3C=O)cccc2c1. The maximum Gasteiger partial charge on any atom is 0.160 e. The Morgan fingerprint density at radius 2 is 2.00 bits per heavy atom. The lowest BCUT2D eigenvalue weighted by atomic mass is 9.99. The molecule has 1 heterocycles. The van der Waals surface area contributed by atoms with Gasteiger partial charge in [0.25, 0.3) is 0 Å². The van der Waals surface area contributed by atoms with Crippen LogP contribution in [-0.4, -0.2) is 13.4 Å². The van der Waals surface area contributed by atoms with Gasteiger partial charge in [0.1, 0.15) is 5.75 Å². The topological polar surface area (TPSA) is 26.3 Å². The summed E-state index contributed by atoms with van der Waals surface area (Å²) >= 11 is 1.47. The Kier molecular flexibility index (Phi) is 3.05. The Morgan fingerprint density at radius 1 is 1.11 bits per heavy atom. The summed E-state index contributed by atoms with van der Waals surface area (Å²) in [5.74, 6) is 0.838. The van der Waals surface area contributed by atoms with E-state index in [0.29, 0.717) is 0 Å². The molecule has 3 rings (SSSR count). The third-order valence-corrected chi connectivity index (χ3v) is 4.02. The van der Waals surface area contributed by atoms with E-state index in [2.05, 4.69) is 0 Å². The molecule has 0 N–H and O–H groups in total. The van der Waals surface area contributed by atoms with Crippen LogP contribution in [0.4, 0.5) is 0 Å². The minimum absolute atomic E-state index is 0.767. The van der Waals surface area contributed by atoms with Crippen LogP contribution in [0.5, 0.6) is 5.75 Å². The van der Waals surface area contributed by atoms with Gasteiger partial charge in [-0.1, -0.05) is 24.3 Å². The molecular formula is C16H12O2S. The maximum atomic E-state index is 11.1. The molecule has 0 spiro atoms. The van der Waals surface area contributed by atoms with Crippen LogP contribution in [0, 0.1) is 0 Å². The molecule has 2 nitrogen and oxygen atoms in total. The minimum Gasteiger partial charge on any atom is -0.497 e. The number of carbonyl (C=O) groups excluding carboxylic acids is 1. The second kappa shape index (κ2) is 4.86. The summed E-state index contributed by atoms with van der Waals surface area (Å²) in [6.07, 6.45) is 0.919. The highest BCUT2D eigenvalue weighted by Crippen LogP contribution is 2.34. The summed E-state index contributed by atoms with van der Waals surface area (Å²) in [5.41, 5.74) is 2.08. The van der Waals surface area contributed by atoms with Crippen molar-refractivity contribution in [1.82, 2.24) is 0 Å². The molecule has 94 valence electrons. The van der Waals surface area contributed by atoms with E-state index in [1.807, 2.05) is 47.8 Å². The number of thiophene rings is 1. The Morgan fingerprint density at radius 3 is 2.79 bits per heavy atom. The van der Waals surface area contributed by atoms with E-state index in [-0.39, 0.29) is 0 Å². The Labute approximate surface area is 115 Å². The Bertz CT molecular complexity index is 743. The fourth-order valence-electron chi connectivity index (χ4n) is 2.26. The van der Waals surface area contributed by atoms with Crippen molar-refractivity contribution < 1.29 is 9.53 Å². The second-order valence-electron chi connectivity index (χ2n) is 4.21. The van der Waals surface area contributed by atoms with Crippen molar-refractivity contribution >= 4 is 28.4 Å².